The van der Waals surface area contributed by atoms with Crippen molar-refractivity contribution >= 4 is 12.2 Å². The first-order chi connectivity index (χ1) is 11.2. The number of ether oxygens (including phenoxy) is 2. The Morgan fingerprint density at radius 3 is 2.91 bits per heavy atom. The summed E-state index contributed by atoms with van der Waals surface area (Å²) in [7, 11) is 0. The first-order valence-corrected chi connectivity index (χ1v) is 7.14. The number of oxime groups is 1. The maximum atomic E-state index is 11.7. The van der Waals surface area contributed by atoms with Crippen molar-refractivity contribution in [2.24, 2.45) is 5.16 Å². The van der Waals surface area contributed by atoms with E-state index in [1.807, 2.05) is 18.3 Å². The standard InChI is InChI=1S/C16H18N3O4/c1-2-23-16(20)14-6-5-8-18(11-14)12-22-13-19-9-4-3-7-15(19)10-17-21/h3-11H,2,12-13H2,1H3/q+1/p+1. The van der Waals surface area contributed by atoms with Crippen molar-refractivity contribution in [1.82, 2.24) is 0 Å². The maximum Gasteiger partial charge on any atom is 0.344 e. The van der Waals surface area contributed by atoms with Crippen LogP contribution >= 0.6 is 0 Å². The van der Waals surface area contributed by atoms with Crippen LogP contribution in [0.5, 0.6) is 0 Å². The number of hydrogen-bond acceptors (Lipinski definition) is 5. The molecule has 0 radical (unpaired) electrons. The molecule has 2 aromatic heterocycles. The molecule has 0 bridgehead atoms. The molecule has 1 N–H and O–H groups in total. The lowest BCUT2D eigenvalue weighted by Crippen LogP contribution is -2.43. The van der Waals surface area contributed by atoms with E-state index in [2.05, 4.69) is 5.16 Å². The SMILES string of the molecule is CCOC(=O)c1ccc[n+](COC[n+]2ccccc2C=NO)c1. The van der Waals surface area contributed by atoms with Crippen LogP contribution in [-0.4, -0.2) is 24.0 Å². The number of carbonyl (C=O) groups is 1. The summed E-state index contributed by atoms with van der Waals surface area (Å²) in [6.07, 6.45) is 6.62. The molecule has 2 rings (SSSR count). The van der Waals surface area contributed by atoms with Crippen molar-refractivity contribution < 1.29 is 28.6 Å². The first-order valence-electron chi connectivity index (χ1n) is 7.14. The van der Waals surface area contributed by atoms with E-state index in [4.69, 9.17) is 14.7 Å². The normalized spacial score (nSPS) is 10.8. The topological polar surface area (TPSA) is 75.9 Å². The highest BCUT2D eigenvalue weighted by Gasteiger charge is 2.13. The van der Waals surface area contributed by atoms with Crippen LogP contribution < -0.4 is 9.13 Å². The quantitative estimate of drug-likeness (QED) is 0.270. The predicted molar refractivity (Wildman–Crippen MR) is 79.7 cm³/mol. The fourth-order valence-electron chi connectivity index (χ4n) is 1.97. The number of rotatable bonds is 7. The largest absolute Gasteiger partial charge is 0.462 e. The molecule has 23 heavy (non-hydrogen) atoms. The van der Waals surface area contributed by atoms with Gasteiger partial charge in [0.05, 0.1) is 6.61 Å². The molecule has 0 atom stereocenters. The molecule has 0 aliphatic carbocycles. The van der Waals surface area contributed by atoms with E-state index in [9.17, 15) is 4.79 Å². The van der Waals surface area contributed by atoms with Gasteiger partial charge in [-0.1, -0.05) is 5.16 Å². The van der Waals surface area contributed by atoms with Crippen molar-refractivity contribution in [2.75, 3.05) is 6.61 Å². The molecule has 0 fully saturated rings. The fraction of sp³-hybridized carbons (Fsp3) is 0.250. The highest BCUT2D eigenvalue weighted by Crippen LogP contribution is 1.98. The number of esters is 1. The molecule has 120 valence electrons. The van der Waals surface area contributed by atoms with Crippen LogP contribution in [0, 0.1) is 0 Å². The van der Waals surface area contributed by atoms with Gasteiger partial charge in [0.1, 0.15) is 11.8 Å². The Bertz CT molecular complexity index is 689. The zero-order valence-corrected chi connectivity index (χ0v) is 12.8. The molecule has 7 nitrogen and oxygen atoms in total. The number of nitrogens with zero attached hydrogens (tertiary/aromatic N) is 3. The summed E-state index contributed by atoms with van der Waals surface area (Å²) >= 11 is 0. The van der Waals surface area contributed by atoms with Gasteiger partial charge < -0.3 is 9.94 Å². The van der Waals surface area contributed by atoms with E-state index in [1.54, 1.807) is 46.7 Å². The molecule has 7 heteroatoms. The van der Waals surface area contributed by atoms with Crippen LogP contribution in [0.25, 0.3) is 0 Å². The van der Waals surface area contributed by atoms with Crippen LogP contribution in [0.1, 0.15) is 23.0 Å². The highest BCUT2D eigenvalue weighted by atomic mass is 16.5. The van der Waals surface area contributed by atoms with Gasteiger partial charge >= 0.3 is 5.97 Å². The van der Waals surface area contributed by atoms with E-state index in [1.165, 1.54) is 6.21 Å². The third kappa shape index (κ3) is 4.86. The Kier molecular flexibility index (Phi) is 6.19. The lowest BCUT2D eigenvalue weighted by molar-refractivity contribution is -0.788. The van der Waals surface area contributed by atoms with Crippen LogP contribution in [0.15, 0.2) is 54.1 Å². The smallest absolute Gasteiger partial charge is 0.344 e. The zero-order valence-electron chi connectivity index (χ0n) is 12.8. The Labute approximate surface area is 134 Å². The molecule has 2 heterocycles. The molecule has 0 aliphatic heterocycles. The van der Waals surface area contributed by atoms with Gasteiger partial charge in [0.15, 0.2) is 18.6 Å². The predicted octanol–water partition coefficient (Wildman–Crippen LogP) is 0.878. The van der Waals surface area contributed by atoms with Gasteiger partial charge in [-0.25, -0.2) is 4.79 Å². The van der Waals surface area contributed by atoms with Crippen molar-refractivity contribution in [1.29, 1.82) is 0 Å². The highest BCUT2D eigenvalue weighted by molar-refractivity contribution is 5.88. The minimum atomic E-state index is -0.360. The van der Waals surface area contributed by atoms with Gasteiger partial charge in [0.25, 0.3) is 13.5 Å². The molecule has 0 aromatic carbocycles. The van der Waals surface area contributed by atoms with Crippen LogP contribution in [0.3, 0.4) is 0 Å². The van der Waals surface area contributed by atoms with Crippen LogP contribution in [0.2, 0.25) is 0 Å². The van der Waals surface area contributed by atoms with Crippen molar-refractivity contribution in [3.05, 3.63) is 60.2 Å². The van der Waals surface area contributed by atoms with E-state index in [0.717, 1.165) is 0 Å². The first kappa shape index (κ1) is 16.6. The molecule has 0 spiro atoms. The summed E-state index contributed by atoms with van der Waals surface area (Å²) in [6, 6.07) is 8.95. The fourth-order valence-corrected chi connectivity index (χ4v) is 1.97. The van der Waals surface area contributed by atoms with E-state index in [0.29, 0.717) is 17.9 Å². The molecular weight excluding hydrogens is 298 g/mol. The minimum Gasteiger partial charge on any atom is -0.462 e. The van der Waals surface area contributed by atoms with E-state index in [-0.39, 0.29) is 19.4 Å². The molecule has 0 amide bonds. The van der Waals surface area contributed by atoms with Crippen molar-refractivity contribution in [2.45, 2.75) is 20.4 Å². The number of pyridine rings is 2. The third-order valence-corrected chi connectivity index (χ3v) is 3.01. The zero-order chi connectivity index (χ0) is 16.5. The Balaban J connectivity index is 1.97. The van der Waals surface area contributed by atoms with Gasteiger partial charge in [-0.05, 0) is 19.1 Å². The van der Waals surface area contributed by atoms with E-state index >= 15 is 0 Å². The molecular formula is C16H19N3O4+2. The van der Waals surface area contributed by atoms with Crippen molar-refractivity contribution in [3.63, 3.8) is 0 Å². The molecule has 0 saturated heterocycles. The lowest BCUT2D eigenvalue weighted by Gasteiger charge is -2.02. The summed E-state index contributed by atoms with van der Waals surface area (Å²) in [5.41, 5.74) is 1.18. The van der Waals surface area contributed by atoms with E-state index < -0.39 is 0 Å². The van der Waals surface area contributed by atoms with Crippen molar-refractivity contribution in [3.8, 4) is 0 Å². The molecule has 2 aromatic rings. The summed E-state index contributed by atoms with van der Waals surface area (Å²) in [5.74, 6) is -0.360. The van der Waals surface area contributed by atoms with Gasteiger partial charge in [-0.2, -0.15) is 9.13 Å². The third-order valence-electron chi connectivity index (χ3n) is 3.01. The monoisotopic (exact) mass is 317 g/mol. The summed E-state index contributed by atoms with van der Waals surface area (Å²) in [6.45, 7) is 2.65. The summed E-state index contributed by atoms with van der Waals surface area (Å²) in [5, 5.41) is 11.7. The van der Waals surface area contributed by atoms with Crippen LogP contribution in [-0.2, 0) is 22.9 Å². The summed E-state index contributed by atoms with van der Waals surface area (Å²) in [4.78, 5) is 11.7. The molecule has 0 unspecified atom stereocenters. The maximum absolute atomic E-state index is 11.7. The number of aromatic nitrogens is 2. The lowest BCUT2D eigenvalue weighted by atomic mass is 10.3. The second-order valence-corrected chi connectivity index (χ2v) is 4.63. The average molecular weight is 317 g/mol. The van der Waals surface area contributed by atoms with Gasteiger partial charge in [0.2, 0.25) is 5.69 Å². The second kappa shape index (κ2) is 8.60. The number of carbonyl (C=O) groups excluding carboxylic acids is 1. The molecule has 0 aliphatic rings. The second-order valence-electron chi connectivity index (χ2n) is 4.63. The Morgan fingerprint density at radius 1 is 1.26 bits per heavy atom. The average Bonchev–Trinajstić information content (AvgIpc) is 2.57. The minimum absolute atomic E-state index is 0.269. The summed E-state index contributed by atoms with van der Waals surface area (Å²) < 4.78 is 14.1. The number of hydrogen-bond donors (Lipinski definition) is 1. The van der Waals surface area contributed by atoms with Gasteiger partial charge in [0, 0.05) is 18.2 Å². The van der Waals surface area contributed by atoms with Gasteiger partial charge in [-0.3, -0.25) is 4.74 Å². The van der Waals surface area contributed by atoms with Gasteiger partial charge in [-0.15, -0.1) is 0 Å². The Morgan fingerprint density at radius 2 is 2.13 bits per heavy atom. The Hall–Kier alpha value is -2.80. The van der Waals surface area contributed by atoms with Crippen LogP contribution in [0.4, 0.5) is 0 Å². The molecule has 0 saturated carbocycles.